The van der Waals surface area contributed by atoms with Crippen LogP contribution in [-0.4, -0.2) is 41.9 Å². The van der Waals surface area contributed by atoms with E-state index in [0.717, 1.165) is 32.6 Å². The molecule has 0 radical (unpaired) electrons. The summed E-state index contributed by atoms with van der Waals surface area (Å²) >= 11 is 0. The number of nitrogens with zero attached hydrogens (tertiary/aromatic N) is 2. The van der Waals surface area contributed by atoms with Crippen LogP contribution in [0, 0.1) is 0 Å². The first kappa shape index (κ1) is 11.1. The molecule has 1 heterocycles. The van der Waals surface area contributed by atoms with Gasteiger partial charge in [0.2, 0.25) is 6.41 Å². The van der Waals surface area contributed by atoms with Crippen molar-refractivity contribution in [3.8, 4) is 0 Å². The van der Waals surface area contributed by atoms with E-state index < -0.39 is 0 Å². The molecule has 3 heteroatoms. The van der Waals surface area contributed by atoms with Gasteiger partial charge in [-0.1, -0.05) is 30.3 Å². The van der Waals surface area contributed by atoms with Gasteiger partial charge < -0.3 is 4.90 Å². The minimum Gasteiger partial charge on any atom is -0.342 e. The lowest BCUT2D eigenvalue weighted by atomic mass is 10.1. The third-order valence-electron chi connectivity index (χ3n) is 3.17. The second-order valence-electron chi connectivity index (χ2n) is 4.41. The molecule has 0 spiro atoms. The largest absolute Gasteiger partial charge is 0.342 e. The summed E-state index contributed by atoms with van der Waals surface area (Å²) in [6.07, 6.45) is 0.955. The van der Waals surface area contributed by atoms with Gasteiger partial charge in [0.1, 0.15) is 0 Å². The molecule has 1 saturated heterocycles. The number of carbonyl (C=O) groups excluding carboxylic acids is 1. The Kier molecular flexibility index (Phi) is 3.57. The van der Waals surface area contributed by atoms with Crippen molar-refractivity contribution in [2.24, 2.45) is 0 Å². The number of hydrogen-bond donors (Lipinski definition) is 0. The molecule has 1 aromatic carbocycles. The lowest BCUT2D eigenvalue weighted by molar-refractivity contribution is -0.120. The van der Waals surface area contributed by atoms with Gasteiger partial charge in [0.05, 0.1) is 0 Å². The highest BCUT2D eigenvalue weighted by Crippen LogP contribution is 2.12. The summed E-state index contributed by atoms with van der Waals surface area (Å²) in [5, 5.41) is 0. The van der Waals surface area contributed by atoms with Crippen molar-refractivity contribution >= 4 is 6.41 Å². The zero-order valence-corrected chi connectivity index (χ0v) is 9.67. The van der Waals surface area contributed by atoms with Crippen molar-refractivity contribution in [1.29, 1.82) is 0 Å². The summed E-state index contributed by atoms with van der Waals surface area (Å²) in [7, 11) is 0. The predicted molar refractivity (Wildman–Crippen MR) is 64.0 cm³/mol. The second-order valence-corrected chi connectivity index (χ2v) is 4.41. The minimum absolute atomic E-state index is 0.444. The molecule has 0 aliphatic carbocycles. The van der Waals surface area contributed by atoms with Crippen LogP contribution >= 0.6 is 0 Å². The van der Waals surface area contributed by atoms with Crippen LogP contribution in [0.2, 0.25) is 0 Å². The first-order valence-corrected chi connectivity index (χ1v) is 5.77. The molecule has 0 N–H and O–H groups in total. The van der Waals surface area contributed by atoms with Gasteiger partial charge in [-0.2, -0.15) is 0 Å². The number of hydrogen-bond acceptors (Lipinski definition) is 2. The molecular weight excluding hydrogens is 200 g/mol. The minimum atomic E-state index is 0.444. The lowest BCUT2D eigenvalue weighted by Crippen LogP contribution is -2.50. The predicted octanol–water partition coefficient (Wildman–Crippen LogP) is 1.35. The Hall–Kier alpha value is -1.35. The molecule has 0 bridgehead atoms. The Morgan fingerprint density at radius 1 is 1.31 bits per heavy atom. The fraction of sp³-hybridized carbons (Fsp3) is 0.462. The van der Waals surface area contributed by atoms with Crippen molar-refractivity contribution in [3.05, 3.63) is 35.9 Å². The number of benzene rings is 1. The third-order valence-corrected chi connectivity index (χ3v) is 3.17. The number of rotatable bonds is 3. The monoisotopic (exact) mass is 218 g/mol. The van der Waals surface area contributed by atoms with E-state index in [9.17, 15) is 4.79 Å². The van der Waals surface area contributed by atoms with Crippen LogP contribution in [0.5, 0.6) is 0 Å². The number of carbonyl (C=O) groups is 1. The van der Waals surface area contributed by atoms with Gasteiger partial charge in [-0.15, -0.1) is 0 Å². The molecule has 86 valence electrons. The third kappa shape index (κ3) is 2.61. The van der Waals surface area contributed by atoms with Crippen LogP contribution in [0.4, 0.5) is 0 Å². The second kappa shape index (κ2) is 5.12. The van der Waals surface area contributed by atoms with E-state index in [1.54, 1.807) is 0 Å². The first-order chi connectivity index (χ1) is 7.79. The molecule has 1 amide bonds. The van der Waals surface area contributed by atoms with Gasteiger partial charge in [0.25, 0.3) is 0 Å². The maximum atomic E-state index is 10.7. The summed E-state index contributed by atoms with van der Waals surface area (Å²) in [5.74, 6) is 0. The Bertz CT molecular complexity index is 339. The molecule has 16 heavy (non-hydrogen) atoms. The Labute approximate surface area is 96.7 Å². The Balaban J connectivity index is 1.94. The van der Waals surface area contributed by atoms with Crippen LogP contribution < -0.4 is 0 Å². The Morgan fingerprint density at radius 3 is 2.69 bits per heavy atom. The molecule has 1 aliphatic rings. The zero-order chi connectivity index (χ0) is 11.4. The van der Waals surface area contributed by atoms with Crippen LogP contribution in [-0.2, 0) is 11.3 Å². The number of amides is 1. The Morgan fingerprint density at radius 2 is 2.06 bits per heavy atom. The quantitative estimate of drug-likeness (QED) is 0.715. The standard InChI is InChI=1S/C13H18N2O/c1-12-9-14(11-16)7-8-15(12)10-13-5-3-2-4-6-13/h2-6,11-12H,7-10H2,1H3. The summed E-state index contributed by atoms with van der Waals surface area (Å²) in [6, 6.07) is 10.9. The maximum Gasteiger partial charge on any atom is 0.209 e. The summed E-state index contributed by atoms with van der Waals surface area (Å²) in [4.78, 5) is 15.0. The fourth-order valence-corrected chi connectivity index (χ4v) is 2.17. The molecule has 1 atom stereocenters. The van der Waals surface area contributed by atoms with Crippen molar-refractivity contribution in [3.63, 3.8) is 0 Å². The summed E-state index contributed by atoms with van der Waals surface area (Å²) in [6.45, 7) is 5.82. The maximum absolute atomic E-state index is 10.7. The molecule has 1 unspecified atom stereocenters. The van der Waals surface area contributed by atoms with E-state index in [-0.39, 0.29) is 0 Å². The summed E-state index contributed by atoms with van der Waals surface area (Å²) < 4.78 is 0. The van der Waals surface area contributed by atoms with Gasteiger partial charge in [-0.3, -0.25) is 9.69 Å². The molecule has 1 fully saturated rings. The highest BCUT2D eigenvalue weighted by molar-refractivity contribution is 5.47. The van der Waals surface area contributed by atoms with E-state index in [1.165, 1.54) is 5.56 Å². The van der Waals surface area contributed by atoms with Gasteiger partial charge >= 0.3 is 0 Å². The fourth-order valence-electron chi connectivity index (χ4n) is 2.17. The van der Waals surface area contributed by atoms with Crippen molar-refractivity contribution in [2.75, 3.05) is 19.6 Å². The average Bonchev–Trinajstić information content (AvgIpc) is 2.33. The average molecular weight is 218 g/mol. The molecular formula is C13H18N2O. The van der Waals surface area contributed by atoms with E-state index in [4.69, 9.17) is 0 Å². The zero-order valence-electron chi connectivity index (χ0n) is 9.67. The first-order valence-electron chi connectivity index (χ1n) is 5.77. The normalized spacial score (nSPS) is 22.1. The van der Waals surface area contributed by atoms with Crippen LogP contribution in [0.3, 0.4) is 0 Å². The van der Waals surface area contributed by atoms with Crippen LogP contribution in [0.25, 0.3) is 0 Å². The lowest BCUT2D eigenvalue weighted by Gasteiger charge is -2.38. The smallest absolute Gasteiger partial charge is 0.209 e. The highest BCUT2D eigenvalue weighted by Gasteiger charge is 2.22. The molecule has 0 saturated carbocycles. The van der Waals surface area contributed by atoms with E-state index in [2.05, 4.69) is 36.1 Å². The molecule has 2 rings (SSSR count). The van der Waals surface area contributed by atoms with Crippen molar-refractivity contribution in [1.82, 2.24) is 9.80 Å². The van der Waals surface area contributed by atoms with E-state index in [1.807, 2.05) is 11.0 Å². The number of piperazine rings is 1. The molecule has 0 aromatic heterocycles. The van der Waals surface area contributed by atoms with Gasteiger partial charge in [0.15, 0.2) is 0 Å². The van der Waals surface area contributed by atoms with Crippen LogP contribution in [0.1, 0.15) is 12.5 Å². The van der Waals surface area contributed by atoms with Gasteiger partial charge in [-0.25, -0.2) is 0 Å². The van der Waals surface area contributed by atoms with Gasteiger partial charge in [-0.05, 0) is 12.5 Å². The van der Waals surface area contributed by atoms with Crippen molar-refractivity contribution in [2.45, 2.75) is 19.5 Å². The van der Waals surface area contributed by atoms with E-state index >= 15 is 0 Å². The van der Waals surface area contributed by atoms with Crippen LogP contribution in [0.15, 0.2) is 30.3 Å². The van der Waals surface area contributed by atoms with Gasteiger partial charge in [0, 0.05) is 32.2 Å². The summed E-state index contributed by atoms with van der Waals surface area (Å²) in [5.41, 5.74) is 1.34. The topological polar surface area (TPSA) is 23.6 Å². The SMILES string of the molecule is CC1CN(C=O)CCN1Cc1ccccc1. The molecule has 3 nitrogen and oxygen atoms in total. The molecule has 1 aromatic rings. The molecule has 1 aliphatic heterocycles. The van der Waals surface area contributed by atoms with Crippen molar-refractivity contribution < 1.29 is 4.79 Å². The van der Waals surface area contributed by atoms with E-state index in [0.29, 0.717) is 6.04 Å². The highest BCUT2D eigenvalue weighted by atomic mass is 16.1.